The third kappa shape index (κ3) is 5.35. The van der Waals surface area contributed by atoms with Crippen LogP contribution in [-0.4, -0.2) is 57.0 Å². The third-order valence-corrected chi connectivity index (χ3v) is 6.51. The maximum atomic E-state index is 13.5. The Kier molecular flexibility index (Phi) is 7.08. The van der Waals surface area contributed by atoms with Crippen LogP contribution in [0, 0.1) is 0 Å². The number of aromatic nitrogens is 4. The summed E-state index contributed by atoms with van der Waals surface area (Å²) in [4.78, 5) is 31.8. The van der Waals surface area contributed by atoms with E-state index in [0.717, 1.165) is 6.07 Å². The third-order valence-electron chi connectivity index (χ3n) is 6.51. The molecule has 3 aromatic heterocycles. The Hall–Kier alpha value is -4.26. The largest absolute Gasteiger partial charge is 0.494 e. The van der Waals surface area contributed by atoms with E-state index in [2.05, 4.69) is 25.3 Å². The average molecular weight is 542 g/mol. The summed E-state index contributed by atoms with van der Waals surface area (Å²) in [6.45, 7) is 2.61. The van der Waals surface area contributed by atoms with Crippen LogP contribution >= 0.6 is 0 Å². The van der Waals surface area contributed by atoms with E-state index in [9.17, 15) is 18.0 Å². The number of benzene rings is 1. The molecule has 1 aromatic carbocycles. The molecule has 0 aliphatic carbocycles. The van der Waals surface area contributed by atoms with E-state index in [0.29, 0.717) is 42.8 Å². The number of nitrogens with one attached hydrogen (secondary N) is 1. The summed E-state index contributed by atoms with van der Waals surface area (Å²) in [6.07, 6.45) is 0.0417. The van der Waals surface area contributed by atoms with Gasteiger partial charge in [-0.2, -0.15) is 13.2 Å². The van der Waals surface area contributed by atoms with Crippen molar-refractivity contribution in [3.8, 4) is 17.2 Å². The number of halogens is 3. The molecule has 1 atom stereocenters. The summed E-state index contributed by atoms with van der Waals surface area (Å²) in [5.74, 6) is 0.607. The molecule has 5 rings (SSSR count). The van der Waals surface area contributed by atoms with Crippen molar-refractivity contribution in [1.82, 2.24) is 24.8 Å². The number of fused-ring (bicyclic) bond motifs is 1. The molecular formula is C26H26F3N7O3. The molecule has 0 spiro atoms. The zero-order valence-corrected chi connectivity index (χ0v) is 21.2. The van der Waals surface area contributed by atoms with Crippen LogP contribution in [0.25, 0.3) is 22.4 Å². The number of methoxy groups -OCH3 is 1. The van der Waals surface area contributed by atoms with Crippen LogP contribution < -0.4 is 15.8 Å². The van der Waals surface area contributed by atoms with E-state index in [-0.39, 0.29) is 40.6 Å². The first-order chi connectivity index (χ1) is 18.7. The van der Waals surface area contributed by atoms with Crippen molar-refractivity contribution in [3.05, 3.63) is 59.9 Å². The smallest absolute Gasteiger partial charge is 0.433 e. The van der Waals surface area contributed by atoms with E-state index in [1.54, 1.807) is 36.4 Å². The zero-order valence-electron chi connectivity index (χ0n) is 21.2. The van der Waals surface area contributed by atoms with Crippen LogP contribution in [0.5, 0.6) is 5.75 Å². The van der Waals surface area contributed by atoms with Crippen LogP contribution in [0.2, 0.25) is 0 Å². The van der Waals surface area contributed by atoms with E-state index < -0.39 is 17.9 Å². The Balaban J connectivity index is 1.43. The fourth-order valence-electron chi connectivity index (χ4n) is 4.54. The molecule has 10 nitrogen and oxygen atoms in total. The second kappa shape index (κ2) is 10.5. The van der Waals surface area contributed by atoms with Gasteiger partial charge in [-0.05, 0) is 50.1 Å². The summed E-state index contributed by atoms with van der Waals surface area (Å²) >= 11 is 0. The average Bonchev–Trinajstić information content (AvgIpc) is 3.38. The summed E-state index contributed by atoms with van der Waals surface area (Å²) in [7, 11) is 1.35. The van der Waals surface area contributed by atoms with Crippen molar-refractivity contribution in [2.75, 3.05) is 25.5 Å². The van der Waals surface area contributed by atoms with Gasteiger partial charge in [-0.1, -0.05) is 0 Å². The lowest BCUT2D eigenvalue weighted by Crippen LogP contribution is -2.43. The van der Waals surface area contributed by atoms with Crippen molar-refractivity contribution in [1.29, 1.82) is 0 Å². The first kappa shape index (κ1) is 26.4. The number of amides is 1. The van der Waals surface area contributed by atoms with Crippen LogP contribution in [0.1, 0.15) is 47.7 Å². The number of carbonyl (C=O) groups excluding carboxylic acids is 1. The maximum Gasteiger partial charge on any atom is 0.433 e. The number of anilines is 1. The molecule has 4 aromatic rings. The highest BCUT2D eigenvalue weighted by atomic mass is 19.4. The van der Waals surface area contributed by atoms with E-state index in [4.69, 9.17) is 14.9 Å². The maximum absolute atomic E-state index is 13.5. The molecule has 0 saturated carbocycles. The van der Waals surface area contributed by atoms with Crippen molar-refractivity contribution in [3.63, 3.8) is 0 Å². The normalized spacial score (nSPS) is 15.4. The van der Waals surface area contributed by atoms with Crippen molar-refractivity contribution < 1.29 is 27.1 Å². The minimum absolute atomic E-state index is 0.00443. The molecule has 0 unspecified atom stereocenters. The van der Waals surface area contributed by atoms with Crippen molar-refractivity contribution >= 4 is 22.8 Å². The van der Waals surface area contributed by atoms with E-state index >= 15 is 0 Å². The highest BCUT2D eigenvalue weighted by Crippen LogP contribution is 2.37. The number of carbonyl (C=O) groups is 1. The van der Waals surface area contributed by atoms with Crippen LogP contribution in [0.15, 0.2) is 47.1 Å². The molecule has 3 N–H and O–H groups in total. The molecular weight excluding hydrogens is 515 g/mol. The summed E-state index contributed by atoms with van der Waals surface area (Å²) in [5.41, 5.74) is 5.49. The summed E-state index contributed by atoms with van der Waals surface area (Å²) < 4.78 is 51.1. The molecule has 1 fully saturated rings. The van der Waals surface area contributed by atoms with Crippen LogP contribution in [0.3, 0.4) is 0 Å². The molecule has 204 valence electrons. The molecule has 4 heterocycles. The number of hydrogen-bond donors (Lipinski definition) is 2. The summed E-state index contributed by atoms with van der Waals surface area (Å²) in [6, 6.07) is 6.44. The van der Waals surface area contributed by atoms with Gasteiger partial charge in [0, 0.05) is 42.5 Å². The Morgan fingerprint density at radius 2 is 1.87 bits per heavy atom. The molecule has 1 amide bonds. The number of hydrogen-bond acceptors (Lipinski definition) is 9. The Bertz CT molecular complexity index is 1480. The molecule has 39 heavy (non-hydrogen) atoms. The topological polar surface area (TPSA) is 132 Å². The van der Waals surface area contributed by atoms with E-state index in [1.165, 1.54) is 19.2 Å². The highest BCUT2D eigenvalue weighted by molar-refractivity contribution is 5.98. The molecule has 1 aliphatic heterocycles. The number of pyridine rings is 1. The van der Waals surface area contributed by atoms with Gasteiger partial charge in [0.2, 0.25) is 11.8 Å². The van der Waals surface area contributed by atoms with Crippen molar-refractivity contribution in [2.45, 2.75) is 38.0 Å². The minimum atomic E-state index is -4.63. The lowest BCUT2D eigenvalue weighted by Gasteiger charge is -2.32. The van der Waals surface area contributed by atoms with Crippen LogP contribution in [-0.2, 0) is 6.18 Å². The van der Waals surface area contributed by atoms with Gasteiger partial charge in [0.1, 0.15) is 17.0 Å². The van der Waals surface area contributed by atoms with Gasteiger partial charge in [0.05, 0.1) is 13.2 Å². The van der Waals surface area contributed by atoms with Gasteiger partial charge in [-0.3, -0.25) is 4.79 Å². The summed E-state index contributed by atoms with van der Waals surface area (Å²) in [5, 5.41) is 3.60. The first-order valence-electron chi connectivity index (χ1n) is 12.3. The quantitative estimate of drug-likeness (QED) is 0.363. The zero-order chi connectivity index (χ0) is 27.7. The Morgan fingerprint density at radius 1 is 1.15 bits per heavy atom. The fraction of sp³-hybridized carbons (Fsp3) is 0.346. The van der Waals surface area contributed by atoms with Gasteiger partial charge in [-0.25, -0.2) is 19.9 Å². The molecule has 1 aliphatic rings. The van der Waals surface area contributed by atoms with Crippen LogP contribution in [0.4, 0.5) is 19.1 Å². The minimum Gasteiger partial charge on any atom is -0.494 e. The predicted molar refractivity (Wildman–Crippen MR) is 136 cm³/mol. The lowest BCUT2D eigenvalue weighted by atomic mass is 10.0. The SMILES string of the molecule is COc1ccc(-c2nc(C(=O)N3CCC(Nc4ncccn4)CC3)c([C@H](C)N)o2)c2ccc(C(F)(F)F)nc12. The number of alkyl halides is 3. The highest BCUT2D eigenvalue weighted by Gasteiger charge is 2.34. The second-order valence-corrected chi connectivity index (χ2v) is 9.21. The Morgan fingerprint density at radius 3 is 2.51 bits per heavy atom. The number of ether oxygens (including phenoxy) is 1. The van der Waals surface area contributed by atoms with Gasteiger partial charge < -0.3 is 25.1 Å². The van der Waals surface area contributed by atoms with Gasteiger partial charge in [0.15, 0.2) is 11.5 Å². The Labute approximate surface area is 221 Å². The number of nitrogens with two attached hydrogens (primary N) is 1. The molecule has 0 radical (unpaired) electrons. The van der Waals surface area contributed by atoms with Crippen molar-refractivity contribution in [2.24, 2.45) is 5.73 Å². The van der Waals surface area contributed by atoms with Gasteiger partial charge in [-0.15, -0.1) is 0 Å². The number of nitrogens with zero attached hydrogens (tertiary/aromatic N) is 5. The lowest BCUT2D eigenvalue weighted by molar-refractivity contribution is -0.140. The molecule has 1 saturated heterocycles. The number of oxazole rings is 1. The fourth-order valence-corrected chi connectivity index (χ4v) is 4.54. The number of piperidine rings is 1. The monoisotopic (exact) mass is 541 g/mol. The standard InChI is InChI=1S/C26H26F3N7O3/c1-14(30)22-21(24(37)36-12-8-15(9-13-36)33-25-31-10-3-11-32-25)35-23(39-22)17-4-6-18(38-2)20-16(17)5-7-19(34-20)26(27,28)29/h3-7,10-11,14-15H,8-9,12-13,30H2,1-2H3,(H,31,32,33)/t14-/m0/s1. The first-order valence-corrected chi connectivity index (χ1v) is 12.3. The molecule has 0 bridgehead atoms. The number of likely N-dealkylation sites (tertiary alicyclic amines) is 1. The second-order valence-electron chi connectivity index (χ2n) is 9.21. The van der Waals surface area contributed by atoms with Gasteiger partial charge >= 0.3 is 6.18 Å². The molecule has 13 heteroatoms. The van der Waals surface area contributed by atoms with E-state index in [1.807, 2.05) is 0 Å². The van der Waals surface area contributed by atoms with Gasteiger partial charge in [0.25, 0.3) is 5.91 Å². The number of rotatable bonds is 6. The predicted octanol–water partition coefficient (Wildman–Crippen LogP) is 4.44.